The Morgan fingerprint density at radius 1 is 1.02 bits per heavy atom. The largest absolute Gasteiger partial charge is 0.301 e. The fraction of sp³-hybridized carbons (Fsp3) is 0.273. The Balaban J connectivity index is 1.28. The van der Waals surface area contributed by atoms with Gasteiger partial charge in [0.15, 0.2) is 0 Å². The number of fused-ring (bicyclic) bond motifs is 1. The van der Waals surface area contributed by atoms with Crippen LogP contribution < -0.4 is 10.4 Å². The highest BCUT2D eigenvalue weighted by Crippen LogP contribution is 2.48. The van der Waals surface area contributed by atoms with Crippen molar-refractivity contribution in [2.75, 3.05) is 18.1 Å². The summed E-state index contributed by atoms with van der Waals surface area (Å²) in [6.07, 6.45) is 6.03. The Labute approximate surface area is 261 Å². The molecular formula is C33H31Cl2F2N3O2S. The molecule has 3 aliphatic rings. The summed E-state index contributed by atoms with van der Waals surface area (Å²) in [6.45, 7) is 2.60. The van der Waals surface area contributed by atoms with Gasteiger partial charge in [0, 0.05) is 30.8 Å². The Morgan fingerprint density at radius 3 is 2.53 bits per heavy atom. The number of anilines is 1. The van der Waals surface area contributed by atoms with Gasteiger partial charge in [0.2, 0.25) is 10.0 Å². The topological polar surface area (TPSA) is 52.6 Å². The first kappa shape index (κ1) is 29.9. The van der Waals surface area contributed by atoms with E-state index < -0.39 is 10.0 Å². The number of hydrazine groups is 1. The van der Waals surface area contributed by atoms with Crippen molar-refractivity contribution in [3.8, 4) is 0 Å². The summed E-state index contributed by atoms with van der Waals surface area (Å²) in [7, 11) is -3.79. The maximum Gasteiger partial charge on any atom is 0.218 e. The highest BCUT2D eigenvalue weighted by atomic mass is 35.5. The van der Waals surface area contributed by atoms with Gasteiger partial charge in [-0.25, -0.2) is 21.5 Å². The van der Waals surface area contributed by atoms with E-state index in [1.165, 1.54) is 33.7 Å². The number of hydrogen-bond donors (Lipinski definition) is 1. The van der Waals surface area contributed by atoms with Crippen molar-refractivity contribution in [2.45, 2.75) is 31.9 Å². The zero-order valence-corrected chi connectivity index (χ0v) is 25.9. The molecule has 0 fully saturated rings. The molecule has 3 aromatic rings. The number of nitrogens with zero attached hydrogens (tertiary/aromatic N) is 2. The second kappa shape index (κ2) is 12.1. The molecule has 5 nitrogen and oxygen atoms in total. The number of halogens is 4. The minimum absolute atomic E-state index is 0.00720. The second-order valence-electron chi connectivity index (χ2n) is 11.2. The van der Waals surface area contributed by atoms with Crippen molar-refractivity contribution >= 4 is 38.9 Å². The minimum Gasteiger partial charge on any atom is -0.301 e. The molecule has 1 N–H and O–H groups in total. The molecule has 0 saturated heterocycles. The van der Waals surface area contributed by atoms with Crippen molar-refractivity contribution in [3.63, 3.8) is 0 Å². The molecule has 224 valence electrons. The van der Waals surface area contributed by atoms with Gasteiger partial charge in [-0.15, -0.1) is 0 Å². The van der Waals surface area contributed by atoms with E-state index in [1.54, 1.807) is 48.5 Å². The van der Waals surface area contributed by atoms with E-state index in [4.69, 9.17) is 23.2 Å². The van der Waals surface area contributed by atoms with Crippen LogP contribution in [0.15, 0.2) is 101 Å². The quantitative estimate of drug-likeness (QED) is 0.259. The molecule has 0 unspecified atom stereocenters. The van der Waals surface area contributed by atoms with E-state index in [2.05, 4.69) is 18.4 Å². The summed E-state index contributed by atoms with van der Waals surface area (Å²) >= 11 is 12.3. The van der Waals surface area contributed by atoms with E-state index in [9.17, 15) is 17.2 Å². The van der Waals surface area contributed by atoms with Crippen molar-refractivity contribution < 1.29 is 17.2 Å². The first-order chi connectivity index (χ1) is 20.6. The highest BCUT2D eigenvalue weighted by molar-refractivity contribution is 7.88. The van der Waals surface area contributed by atoms with Crippen LogP contribution in [-0.2, 0) is 22.2 Å². The van der Waals surface area contributed by atoms with Gasteiger partial charge in [0.1, 0.15) is 11.6 Å². The SMILES string of the molecule is C[C@H]1C2=CNN(c3ccc(F)cc3)C2=CC2=C1[C@@H](CN(CCc1ccccc1F)S(=O)(=O)Cc1ccc(Cl)c(Cl)c1)CC2. The lowest BCUT2D eigenvalue weighted by molar-refractivity contribution is 0.356. The lowest BCUT2D eigenvalue weighted by atomic mass is 9.80. The molecule has 2 atom stereocenters. The van der Waals surface area contributed by atoms with E-state index in [0.29, 0.717) is 27.7 Å². The van der Waals surface area contributed by atoms with Gasteiger partial charge in [-0.3, -0.25) is 5.01 Å². The predicted octanol–water partition coefficient (Wildman–Crippen LogP) is 7.80. The van der Waals surface area contributed by atoms with E-state index >= 15 is 0 Å². The monoisotopic (exact) mass is 641 g/mol. The first-order valence-corrected chi connectivity index (χ1v) is 16.6. The fourth-order valence-corrected chi connectivity index (χ4v) is 8.25. The van der Waals surface area contributed by atoms with E-state index in [0.717, 1.165) is 29.8 Å². The Hall–Kier alpha value is -3.17. The second-order valence-corrected chi connectivity index (χ2v) is 14.0. The number of sulfonamides is 1. The van der Waals surface area contributed by atoms with E-state index in [1.807, 2.05) is 11.2 Å². The molecule has 0 radical (unpaired) electrons. The Kier molecular flexibility index (Phi) is 8.39. The zero-order chi connectivity index (χ0) is 30.3. The fourth-order valence-electron chi connectivity index (χ4n) is 6.37. The lowest BCUT2D eigenvalue weighted by Crippen LogP contribution is -2.38. The molecule has 1 aliphatic heterocycles. The summed E-state index contributed by atoms with van der Waals surface area (Å²) in [5.41, 5.74) is 9.71. The molecule has 10 heteroatoms. The van der Waals surface area contributed by atoms with Crippen LogP contribution in [0.5, 0.6) is 0 Å². The first-order valence-electron chi connectivity index (χ1n) is 14.2. The molecule has 0 aromatic heterocycles. The molecule has 0 saturated carbocycles. The zero-order valence-electron chi connectivity index (χ0n) is 23.5. The molecule has 0 amide bonds. The van der Waals surface area contributed by atoms with Crippen molar-refractivity contribution in [3.05, 3.63) is 134 Å². The maximum absolute atomic E-state index is 14.5. The summed E-state index contributed by atoms with van der Waals surface area (Å²) < 4.78 is 57.4. The number of hydrogen-bond acceptors (Lipinski definition) is 4. The van der Waals surface area contributed by atoms with Gasteiger partial charge in [0.05, 0.1) is 27.2 Å². The average molecular weight is 643 g/mol. The number of allylic oxidation sites excluding steroid dienone is 3. The summed E-state index contributed by atoms with van der Waals surface area (Å²) in [4.78, 5) is 0. The van der Waals surface area contributed by atoms with Gasteiger partial charge in [-0.05, 0) is 90.4 Å². The molecule has 2 aliphatic carbocycles. The van der Waals surface area contributed by atoms with Crippen LogP contribution in [0, 0.1) is 23.5 Å². The molecule has 3 aromatic carbocycles. The van der Waals surface area contributed by atoms with Gasteiger partial charge in [-0.1, -0.05) is 60.0 Å². The maximum atomic E-state index is 14.5. The third-order valence-electron chi connectivity index (χ3n) is 8.53. The molecule has 43 heavy (non-hydrogen) atoms. The smallest absolute Gasteiger partial charge is 0.218 e. The van der Waals surface area contributed by atoms with Gasteiger partial charge in [-0.2, -0.15) is 0 Å². The van der Waals surface area contributed by atoms with Crippen LogP contribution in [0.4, 0.5) is 14.5 Å². The Bertz CT molecular complexity index is 1760. The van der Waals surface area contributed by atoms with Crippen LogP contribution in [0.2, 0.25) is 10.0 Å². The highest BCUT2D eigenvalue weighted by Gasteiger charge is 2.39. The third kappa shape index (κ3) is 6.11. The predicted molar refractivity (Wildman–Crippen MR) is 168 cm³/mol. The third-order valence-corrected chi connectivity index (χ3v) is 11.1. The van der Waals surface area contributed by atoms with Crippen LogP contribution in [0.1, 0.15) is 30.9 Å². The molecule has 1 heterocycles. The van der Waals surface area contributed by atoms with Crippen molar-refractivity contribution in [1.29, 1.82) is 0 Å². The molecular weight excluding hydrogens is 611 g/mol. The molecule has 6 rings (SSSR count). The lowest BCUT2D eigenvalue weighted by Gasteiger charge is -2.32. The summed E-state index contributed by atoms with van der Waals surface area (Å²) in [5.74, 6) is -0.805. The number of benzene rings is 3. The van der Waals surface area contributed by atoms with Crippen molar-refractivity contribution in [1.82, 2.24) is 9.73 Å². The number of rotatable bonds is 9. The molecule has 0 bridgehead atoms. The van der Waals surface area contributed by atoms with Gasteiger partial charge < -0.3 is 5.43 Å². The number of nitrogens with one attached hydrogen (secondary N) is 1. The summed E-state index contributed by atoms with van der Waals surface area (Å²) in [5, 5.41) is 2.60. The van der Waals surface area contributed by atoms with Gasteiger partial charge in [0.25, 0.3) is 0 Å². The van der Waals surface area contributed by atoms with E-state index in [-0.39, 0.29) is 42.2 Å². The molecule has 0 spiro atoms. The van der Waals surface area contributed by atoms with Crippen LogP contribution in [0.3, 0.4) is 0 Å². The standard InChI is InChI=1S/C33H31Cl2F2N3O2S/c1-21-28-18-38-40(27-11-9-26(36)10-12-27)32(28)17-24-7-8-25(33(21)24)19-39(15-14-23-4-2-3-5-31(23)37)43(41,42)20-22-6-13-29(34)30(35)16-22/h2-6,9-13,16-18,21,25,38H,7-8,14-15,19-20H2,1H3/t21-,25+/m0/s1. The summed E-state index contributed by atoms with van der Waals surface area (Å²) in [6, 6.07) is 17.6. The normalized spacial score (nSPS) is 19.7. The van der Waals surface area contributed by atoms with Crippen LogP contribution in [-0.4, -0.2) is 25.8 Å². The van der Waals surface area contributed by atoms with Crippen molar-refractivity contribution in [2.24, 2.45) is 11.8 Å². The minimum atomic E-state index is -3.79. The van der Waals surface area contributed by atoms with Gasteiger partial charge >= 0.3 is 0 Å². The van der Waals surface area contributed by atoms with Crippen LogP contribution in [0.25, 0.3) is 0 Å². The average Bonchev–Trinajstić information content (AvgIpc) is 3.59. The Morgan fingerprint density at radius 2 is 1.79 bits per heavy atom. The van der Waals surface area contributed by atoms with Crippen LogP contribution >= 0.6 is 23.2 Å².